The molecule has 0 aliphatic rings. The van der Waals surface area contributed by atoms with Crippen molar-refractivity contribution < 1.29 is 14.3 Å². The Bertz CT molecular complexity index is 1480. The molecule has 0 aliphatic carbocycles. The van der Waals surface area contributed by atoms with Gasteiger partial charge in [0.25, 0.3) is 0 Å². The van der Waals surface area contributed by atoms with E-state index >= 15 is 0 Å². The number of nitrogens with one attached hydrogen (secondary N) is 1. The lowest BCUT2D eigenvalue weighted by Gasteiger charge is -2.10. The number of thiazole rings is 1. The highest BCUT2D eigenvalue weighted by atomic mass is 32.1. The zero-order valence-corrected chi connectivity index (χ0v) is 20.1. The molecule has 0 aliphatic heterocycles. The third kappa shape index (κ3) is 4.47. The van der Waals surface area contributed by atoms with Crippen molar-refractivity contribution in [2.75, 3.05) is 19.5 Å². The number of ether oxygens (including phenoxy) is 2. The normalized spacial score (nSPS) is 11.1. The second-order valence-electron chi connectivity index (χ2n) is 8.24. The Morgan fingerprint density at radius 2 is 1.79 bits per heavy atom. The SMILES string of the molecule is COc1cc(Cn2cc(CC(=O)Nc3nc4ccc(C)cc4s3)c3ccccc32)cc(OC)c1. The number of hydrogen-bond donors (Lipinski definition) is 1. The molecule has 1 amide bonds. The fraction of sp³-hybridized carbons (Fsp3) is 0.185. The van der Waals surface area contributed by atoms with E-state index in [1.807, 2.05) is 42.5 Å². The van der Waals surface area contributed by atoms with E-state index in [-0.39, 0.29) is 12.3 Å². The number of para-hydroxylation sites is 1. The summed E-state index contributed by atoms with van der Waals surface area (Å²) in [6.07, 6.45) is 2.32. The van der Waals surface area contributed by atoms with Crippen molar-refractivity contribution in [3.63, 3.8) is 0 Å². The van der Waals surface area contributed by atoms with Gasteiger partial charge in [-0.25, -0.2) is 4.98 Å². The monoisotopic (exact) mass is 471 g/mol. The first kappa shape index (κ1) is 22.0. The van der Waals surface area contributed by atoms with Crippen LogP contribution in [-0.2, 0) is 17.8 Å². The quantitative estimate of drug-likeness (QED) is 0.326. The summed E-state index contributed by atoms with van der Waals surface area (Å²) in [5.74, 6) is 1.41. The fourth-order valence-electron chi connectivity index (χ4n) is 4.17. The first-order valence-corrected chi connectivity index (χ1v) is 11.8. The van der Waals surface area contributed by atoms with E-state index < -0.39 is 0 Å². The Kier molecular flexibility index (Phi) is 5.94. The van der Waals surface area contributed by atoms with Crippen LogP contribution in [0.3, 0.4) is 0 Å². The lowest BCUT2D eigenvalue weighted by atomic mass is 10.1. The van der Waals surface area contributed by atoms with Gasteiger partial charge >= 0.3 is 0 Å². The number of aryl methyl sites for hydroxylation is 1. The largest absolute Gasteiger partial charge is 0.497 e. The summed E-state index contributed by atoms with van der Waals surface area (Å²) in [5.41, 5.74) is 5.17. The van der Waals surface area contributed by atoms with Gasteiger partial charge in [0.1, 0.15) is 11.5 Å². The van der Waals surface area contributed by atoms with Crippen molar-refractivity contribution in [3.05, 3.63) is 83.6 Å². The van der Waals surface area contributed by atoms with Crippen molar-refractivity contribution in [1.29, 1.82) is 0 Å². The third-order valence-corrected chi connectivity index (χ3v) is 6.71. The van der Waals surface area contributed by atoms with Crippen LogP contribution in [0.2, 0.25) is 0 Å². The summed E-state index contributed by atoms with van der Waals surface area (Å²) in [5, 5.41) is 4.66. The van der Waals surface area contributed by atoms with Crippen molar-refractivity contribution in [2.45, 2.75) is 19.9 Å². The highest BCUT2D eigenvalue weighted by molar-refractivity contribution is 7.22. The van der Waals surface area contributed by atoms with Crippen LogP contribution in [0.15, 0.2) is 66.9 Å². The summed E-state index contributed by atoms with van der Waals surface area (Å²) in [4.78, 5) is 17.5. The first-order chi connectivity index (χ1) is 16.5. The number of methoxy groups -OCH3 is 2. The molecule has 172 valence electrons. The Hall–Kier alpha value is -3.84. The number of benzene rings is 3. The number of anilines is 1. The van der Waals surface area contributed by atoms with Gasteiger partial charge in [-0.3, -0.25) is 4.79 Å². The molecule has 1 N–H and O–H groups in total. The molecule has 0 spiro atoms. The van der Waals surface area contributed by atoms with Gasteiger partial charge < -0.3 is 19.4 Å². The second kappa shape index (κ2) is 9.19. The topological polar surface area (TPSA) is 65.4 Å². The smallest absolute Gasteiger partial charge is 0.230 e. The van der Waals surface area contributed by atoms with E-state index in [9.17, 15) is 4.79 Å². The number of fused-ring (bicyclic) bond motifs is 2. The zero-order valence-electron chi connectivity index (χ0n) is 19.3. The fourth-order valence-corrected chi connectivity index (χ4v) is 5.15. The Morgan fingerprint density at radius 3 is 2.56 bits per heavy atom. The number of rotatable bonds is 7. The van der Waals surface area contributed by atoms with Crippen LogP contribution in [0.25, 0.3) is 21.1 Å². The number of carbonyl (C=O) groups is 1. The van der Waals surface area contributed by atoms with Crippen molar-refractivity contribution in [1.82, 2.24) is 9.55 Å². The lowest BCUT2D eigenvalue weighted by Crippen LogP contribution is -2.14. The van der Waals surface area contributed by atoms with Crippen LogP contribution in [0.4, 0.5) is 5.13 Å². The van der Waals surface area contributed by atoms with Crippen molar-refractivity contribution in [3.8, 4) is 11.5 Å². The molecule has 2 heterocycles. The van der Waals surface area contributed by atoms with Crippen LogP contribution < -0.4 is 14.8 Å². The standard InChI is InChI=1S/C27H25N3O3S/c1-17-8-9-23-25(10-17)34-27(28-23)29-26(31)13-19-16-30(24-7-5-4-6-22(19)24)15-18-11-20(32-2)14-21(12-18)33-3/h4-12,14,16H,13,15H2,1-3H3,(H,28,29,31). The minimum atomic E-state index is -0.0817. The highest BCUT2D eigenvalue weighted by Crippen LogP contribution is 2.29. The molecule has 0 saturated carbocycles. The summed E-state index contributed by atoms with van der Waals surface area (Å²) in [7, 11) is 3.29. The molecule has 0 fully saturated rings. The molecule has 5 aromatic rings. The molecule has 3 aromatic carbocycles. The minimum Gasteiger partial charge on any atom is -0.497 e. The molecule has 7 heteroatoms. The van der Waals surface area contributed by atoms with Gasteiger partial charge in [-0.1, -0.05) is 35.6 Å². The molecule has 0 atom stereocenters. The summed E-state index contributed by atoms with van der Waals surface area (Å²) in [6.45, 7) is 2.68. The molecule has 0 bridgehead atoms. The van der Waals surface area contributed by atoms with Gasteiger partial charge in [-0.05, 0) is 53.9 Å². The molecule has 2 aromatic heterocycles. The number of amides is 1. The highest BCUT2D eigenvalue weighted by Gasteiger charge is 2.14. The van der Waals surface area contributed by atoms with Crippen LogP contribution in [0, 0.1) is 6.92 Å². The third-order valence-electron chi connectivity index (χ3n) is 5.78. The van der Waals surface area contributed by atoms with E-state index in [0.717, 1.165) is 43.7 Å². The molecule has 5 rings (SSSR count). The molecule has 0 saturated heterocycles. The van der Waals surface area contributed by atoms with Crippen molar-refractivity contribution >= 4 is 43.5 Å². The molecule has 0 unspecified atom stereocenters. The average molecular weight is 472 g/mol. The molecule has 6 nitrogen and oxygen atoms in total. The lowest BCUT2D eigenvalue weighted by molar-refractivity contribution is -0.115. The summed E-state index contributed by atoms with van der Waals surface area (Å²) >= 11 is 1.50. The Morgan fingerprint density at radius 1 is 1.03 bits per heavy atom. The maximum absolute atomic E-state index is 12.9. The predicted octanol–water partition coefficient (Wildman–Crippen LogP) is 5.81. The van der Waals surface area contributed by atoms with Gasteiger partial charge in [-0.2, -0.15) is 0 Å². The van der Waals surface area contributed by atoms with E-state index in [0.29, 0.717) is 11.7 Å². The van der Waals surface area contributed by atoms with E-state index in [4.69, 9.17) is 9.47 Å². The van der Waals surface area contributed by atoms with Crippen molar-refractivity contribution in [2.24, 2.45) is 0 Å². The summed E-state index contributed by atoms with van der Waals surface area (Å²) < 4.78 is 14.1. The van der Waals surface area contributed by atoms with Crippen LogP contribution >= 0.6 is 11.3 Å². The van der Waals surface area contributed by atoms with Crippen LogP contribution in [0.1, 0.15) is 16.7 Å². The van der Waals surface area contributed by atoms with Gasteiger partial charge in [0, 0.05) is 29.7 Å². The number of carbonyl (C=O) groups excluding carboxylic acids is 1. The Labute approximate surface area is 201 Å². The molecule has 0 radical (unpaired) electrons. The second-order valence-corrected chi connectivity index (χ2v) is 9.27. The van der Waals surface area contributed by atoms with E-state index in [2.05, 4.69) is 46.2 Å². The summed E-state index contributed by atoms with van der Waals surface area (Å²) in [6, 6.07) is 20.1. The molecular weight excluding hydrogens is 446 g/mol. The maximum atomic E-state index is 12.9. The predicted molar refractivity (Wildman–Crippen MR) is 137 cm³/mol. The average Bonchev–Trinajstić information content (AvgIpc) is 3.39. The van der Waals surface area contributed by atoms with E-state index in [1.54, 1.807) is 14.2 Å². The number of aromatic nitrogens is 2. The molecule has 34 heavy (non-hydrogen) atoms. The van der Waals surface area contributed by atoms with E-state index in [1.165, 1.54) is 16.9 Å². The number of hydrogen-bond acceptors (Lipinski definition) is 5. The van der Waals surface area contributed by atoms with Gasteiger partial charge in [-0.15, -0.1) is 0 Å². The first-order valence-electron chi connectivity index (χ1n) is 11.0. The van der Waals surface area contributed by atoms with Crippen LogP contribution in [0.5, 0.6) is 11.5 Å². The van der Waals surface area contributed by atoms with Gasteiger partial charge in [0.2, 0.25) is 5.91 Å². The zero-order chi connectivity index (χ0) is 23.7. The minimum absolute atomic E-state index is 0.0817. The van der Waals surface area contributed by atoms with Crippen LogP contribution in [-0.4, -0.2) is 29.7 Å². The number of nitrogens with zero attached hydrogens (tertiary/aromatic N) is 2. The van der Waals surface area contributed by atoms with Gasteiger partial charge in [0.05, 0.1) is 30.9 Å². The Balaban J connectivity index is 1.40. The van der Waals surface area contributed by atoms with Gasteiger partial charge in [0.15, 0.2) is 5.13 Å². The molecular formula is C27H25N3O3S. The maximum Gasteiger partial charge on any atom is 0.230 e.